The van der Waals surface area contributed by atoms with Crippen molar-refractivity contribution in [1.29, 1.82) is 0 Å². The summed E-state index contributed by atoms with van der Waals surface area (Å²) in [6.45, 7) is 4.63. The second-order valence-electron chi connectivity index (χ2n) is 6.35. The highest BCUT2D eigenvalue weighted by molar-refractivity contribution is 5.83. The standard InChI is InChI=1S/C18H26N4O/c1-13-7-9-15(10-8-13)17(20(3)4)18(23)21(5)12-16-11-19-22(6)14(16)2/h7-11,17H,12H2,1-6H3/t17-/m0/s1. The molecule has 2 aromatic rings. The largest absolute Gasteiger partial charge is 0.340 e. The number of hydrogen-bond acceptors (Lipinski definition) is 3. The molecule has 1 atom stereocenters. The first-order valence-corrected chi connectivity index (χ1v) is 7.76. The Hall–Kier alpha value is -2.14. The maximum absolute atomic E-state index is 12.9. The third-order valence-electron chi connectivity index (χ3n) is 4.26. The molecule has 0 spiro atoms. The first kappa shape index (κ1) is 17.2. The number of carbonyl (C=O) groups is 1. The van der Waals surface area contributed by atoms with E-state index in [1.165, 1.54) is 5.56 Å². The first-order chi connectivity index (χ1) is 10.8. The van der Waals surface area contributed by atoms with Gasteiger partial charge in [-0.05, 0) is 33.5 Å². The average molecular weight is 314 g/mol. The molecule has 124 valence electrons. The summed E-state index contributed by atoms with van der Waals surface area (Å²) in [5.74, 6) is 0.0853. The van der Waals surface area contributed by atoms with Crippen molar-refractivity contribution >= 4 is 5.91 Å². The van der Waals surface area contributed by atoms with E-state index in [4.69, 9.17) is 0 Å². The van der Waals surface area contributed by atoms with Crippen LogP contribution in [0.15, 0.2) is 30.5 Å². The molecule has 5 heteroatoms. The minimum Gasteiger partial charge on any atom is -0.340 e. The Morgan fingerprint density at radius 2 is 1.78 bits per heavy atom. The molecule has 0 aliphatic rings. The van der Waals surface area contributed by atoms with Crippen molar-refractivity contribution in [3.05, 3.63) is 52.8 Å². The summed E-state index contributed by atoms with van der Waals surface area (Å²) >= 11 is 0. The van der Waals surface area contributed by atoms with Gasteiger partial charge in [-0.15, -0.1) is 0 Å². The van der Waals surface area contributed by atoms with Crippen molar-refractivity contribution in [2.24, 2.45) is 7.05 Å². The van der Waals surface area contributed by atoms with Crippen LogP contribution in [0.25, 0.3) is 0 Å². The molecule has 0 aliphatic heterocycles. The molecule has 0 bridgehead atoms. The number of aromatic nitrogens is 2. The lowest BCUT2D eigenvalue weighted by molar-refractivity contribution is -0.135. The molecule has 1 aromatic carbocycles. The quantitative estimate of drug-likeness (QED) is 0.850. The summed E-state index contributed by atoms with van der Waals surface area (Å²) in [5, 5.41) is 4.24. The molecule has 23 heavy (non-hydrogen) atoms. The minimum absolute atomic E-state index is 0.0853. The number of amides is 1. The molecular formula is C18H26N4O. The molecule has 0 N–H and O–H groups in total. The lowest BCUT2D eigenvalue weighted by Gasteiger charge is -2.28. The van der Waals surface area contributed by atoms with Gasteiger partial charge in [-0.25, -0.2) is 0 Å². The second kappa shape index (κ2) is 6.96. The minimum atomic E-state index is -0.280. The maximum Gasteiger partial charge on any atom is 0.244 e. The van der Waals surface area contributed by atoms with Gasteiger partial charge in [0.1, 0.15) is 6.04 Å². The zero-order valence-corrected chi connectivity index (χ0v) is 14.9. The summed E-state index contributed by atoms with van der Waals surface area (Å²) in [5.41, 5.74) is 4.37. The summed E-state index contributed by atoms with van der Waals surface area (Å²) in [7, 11) is 7.63. The molecule has 0 aliphatic carbocycles. The van der Waals surface area contributed by atoms with E-state index in [1.54, 1.807) is 4.90 Å². The van der Waals surface area contributed by atoms with E-state index in [2.05, 4.69) is 5.10 Å². The van der Waals surface area contributed by atoms with Crippen LogP contribution in [0.4, 0.5) is 0 Å². The Morgan fingerprint density at radius 1 is 1.17 bits per heavy atom. The van der Waals surface area contributed by atoms with Gasteiger partial charge >= 0.3 is 0 Å². The van der Waals surface area contributed by atoms with E-state index >= 15 is 0 Å². The molecule has 0 saturated heterocycles. The van der Waals surface area contributed by atoms with Gasteiger partial charge in [-0.2, -0.15) is 5.10 Å². The number of aryl methyl sites for hydroxylation is 2. The average Bonchev–Trinajstić information content (AvgIpc) is 2.81. The molecule has 1 heterocycles. The van der Waals surface area contributed by atoms with Crippen molar-refractivity contribution in [2.75, 3.05) is 21.1 Å². The highest BCUT2D eigenvalue weighted by Gasteiger charge is 2.26. The number of carbonyl (C=O) groups excluding carboxylic acids is 1. The smallest absolute Gasteiger partial charge is 0.244 e. The third-order valence-corrected chi connectivity index (χ3v) is 4.26. The van der Waals surface area contributed by atoms with Gasteiger partial charge in [-0.1, -0.05) is 29.8 Å². The maximum atomic E-state index is 12.9. The summed E-state index contributed by atoms with van der Waals surface area (Å²) in [6, 6.07) is 7.87. The van der Waals surface area contributed by atoms with Gasteiger partial charge in [0.05, 0.1) is 6.20 Å². The molecule has 1 amide bonds. The number of likely N-dealkylation sites (N-methyl/N-ethyl adjacent to an activating group) is 2. The van der Waals surface area contributed by atoms with Gasteiger partial charge in [0, 0.05) is 31.9 Å². The van der Waals surface area contributed by atoms with Crippen molar-refractivity contribution in [1.82, 2.24) is 19.6 Å². The van der Waals surface area contributed by atoms with Gasteiger partial charge in [0.2, 0.25) is 5.91 Å². The molecule has 2 rings (SSSR count). The van der Waals surface area contributed by atoms with Gasteiger partial charge in [-0.3, -0.25) is 14.4 Å². The van der Waals surface area contributed by atoms with Gasteiger partial charge < -0.3 is 4.90 Å². The normalized spacial score (nSPS) is 12.5. The van der Waals surface area contributed by atoms with Crippen molar-refractivity contribution < 1.29 is 4.79 Å². The van der Waals surface area contributed by atoms with Crippen LogP contribution in [0.5, 0.6) is 0 Å². The van der Waals surface area contributed by atoms with Crippen LogP contribution >= 0.6 is 0 Å². The highest BCUT2D eigenvalue weighted by Crippen LogP contribution is 2.22. The predicted molar refractivity (Wildman–Crippen MR) is 92.0 cm³/mol. The summed E-state index contributed by atoms with van der Waals surface area (Å²) in [4.78, 5) is 16.7. The number of nitrogens with zero attached hydrogens (tertiary/aromatic N) is 4. The van der Waals surface area contributed by atoms with E-state index in [0.29, 0.717) is 6.54 Å². The first-order valence-electron chi connectivity index (χ1n) is 7.76. The van der Waals surface area contributed by atoms with Crippen molar-refractivity contribution in [3.63, 3.8) is 0 Å². The molecule has 0 saturated carbocycles. The number of benzene rings is 1. The van der Waals surface area contributed by atoms with Crippen LogP contribution in [0.3, 0.4) is 0 Å². The Kier molecular flexibility index (Phi) is 5.21. The second-order valence-corrected chi connectivity index (χ2v) is 6.35. The van der Waals surface area contributed by atoms with Crippen LogP contribution in [0.1, 0.15) is 28.4 Å². The van der Waals surface area contributed by atoms with Crippen LogP contribution in [-0.4, -0.2) is 46.6 Å². The van der Waals surface area contributed by atoms with Gasteiger partial charge in [0.25, 0.3) is 0 Å². The number of hydrogen-bond donors (Lipinski definition) is 0. The zero-order valence-electron chi connectivity index (χ0n) is 14.9. The third kappa shape index (κ3) is 3.79. The fraction of sp³-hybridized carbons (Fsp3) is 0.444. The van der Waals surface area contributed by atoms with E-state index in [0.717, 1.165) is 16.8 Å². The van der Waals surface area contributed by atoms with E-state index in [9.17, 15) is 4.79 Å². The Morgan fingerprint density at radius 3 is 2.26 bits per heavy atom. The summed E-state index contributed by atoms with van der Waals surface area (Å²) in [6.07, 6.45) is 1.83. The number of rotatable bonds is 5. The molecule has 5 nitrogen and oxygen atoms in total. The van der Waals surface area contributed by atoms with E-state index < -0.39 is 0 Å². The van der Waals surface area contributed by atoms with Crippen LogP contribution in [0, 0.1) is 13.8 Å². The fourth-order valence-electron chi connectivity index (χ4n) is 2.65. The lowest BCUT2D eigenvalue weighted by Crippen LogP contribution is -2.38. The van der Waals surface area contributed by atoms with E-state index in [1.807, 2.05) is 82.1 Å². The Bertz CT molecular complexity index is 673. The van der Waals surface area contributed by atoms with E-state index in [-0.39, 0.29) is 11.9 Å². The molecular weight excluding hydrogens is 288 g/mol. The van der Waals surface area contributed by atoms with Gasteiger partial charge in [0.15, 0.2) is 0 Å². The summed E-state index contributed by atoms with van der Waals surface area (Å²) < 4.78 is 1.83. The van der Waals surface area contributed by atoms with Crippen molar-refractivity contribution in [2.45, 2.75) is 26.4 Å². The predicted octanol–water partition coefficient (Wildman–Crippen LogP) is 2.30. The molecule has 0 unspecified atom stereocenters. The molecule has 0 fully saturated rings. The topological polar surface area (TPSA) is 41.4 Å². The molecule has 0 radical (unpaired) electrons. The van der Waals surface area contributed by atoms with Crippen LogP contribution in [0.2, 0.25) is 0 Å². The SMILES string of the molecule is Cc1ccc([C@@H](C(=O)N(C)Cc2cnn(C)c2C)N(C)C)cc1. The monoisotopic (exact) mass is 314 g/mol. The Balaban J connectivity index is 2.20. The van der Waals surface area contributed by atoms with Crippen molar-refractivity contribution in [3.8, 4) is 0 Å². The van der Waals surface area contributed by atoms with Crippen LogP contribution < -0.4 is 0 Å². The molecule has 1 aromatic heterocycles. The lowest BCUT2D eigenvalue weighted by atomic mass is 10.0. The van der Waals surface area contributed by atoms with Crippen LogP contribution in [-0.2, 0) is 18.4 Å². The zero-order chi connectivity index (χ0) is 17.1. The Labute approximate surface area is 138 Å². The fourth-order valence-corrected chi connectivity index (χ4v) is 2.65. The highest BCUT2D eigenvalue weighted by atomic mass is 16.2.